The van der Waals surface area contributed by atoms with Gasteiger partial charge >= 0.3 is 5.97 Å². The number of aromatic nitrogens is 2. The van der Waals surface area contributed by atoms with Crippen LogP contribution in [0.3, 0.4) is 0 Å². The molecule has 0 spiro atoms. The van der Waals surface area contributed by atoms with Crippen LogP contribution in [0.2, 0.25) is 0 Å². The van der Waals surface area contributed by atoms with Crippen LogP contribution in [0, 0.1) is 20.8 Å². The third kappa shape index (κ3) is 3.95. The lowest BCUT2D eigenvalue weighted by molar-refractivity contribution is 0.0474. The Morgan fingerprint density at radius 3 is 2.63 bits per heavy atom. The van der Waals surface area contributed by atoms with E-state index in [1.165, 1.54) is 11.3 Å². The molecule has 7 nitrogen and oxygen atoms in total. The summed E-state index contributed by atoms with van der Waals surface area (Å²) in [4.78, 5) is 29.7. The van der Waals surface area contributed by atoms with Crippen LogP contribution in [0.4, 0.5) is 0 Å². The molecule has 8 heteroatoms. The van der Waals surface area contributed by atoms with Gasteiger partial charge in [-0.2, -0.15) is 0 Å². The first-order chi connectivity index (χ1) is 14.4. The molecule has 0 saturated heterocycles. The third-order valence-corrected chi connectivity index (χ3v) is 5.79. The van der Waals surface area contributed by atoms with Gasteiger partial charge in [0.25, 0.3) is 0 Å². The van der Waals surface area contributed by atoms with Gasteiger partial charge in [0.15, 0.2) is 23.2 Å². The Labute approximate surface area is 178 Å². The molecule has 0 amide bonds. The van der Waals surface area contributed by atoms with Gasteiger partial charge in [-0.3, -0.25) is 9.36 Å². The summed E-state index contributed by atoms with van der Waals surface area (Å²) >= 11 is 1.52. The molecule has 0 atom stereocenters. The largest absolute Gasteiger partial charge is 0.490 e. The van der Waals surface area contributed by atoms with E-state index in [9.17, 15) is 9.59 Å². The number of esters is 1. The zero-order chi connectivity index (χ0) is 21.3. The fourth-order valence-electron chi connectivity index (χ4n) is 3.37. The number of ketones is 1. The average Bonchev–Trinajstić information content (AvgIpc) is 3.17. The Balaban J connectivity index is 1.46. The fourth-order valence-corrected chi connectivity index (χ4v) is 4.28. The molecule has 1 aliphatic rings. The SMILES string of the molecule is Cc1csc(-n2c(C)cc(C(=O)COC(=O)c3ccc4c(c3)OCCCO4)c2C)n1. The molecule has 30 heavy (non-hydrogen) atoms. The number of fused-ring (bicyclic) bond motifs is 1. The molecule has 1 aliphatic heterocycles. The zero-order valence-electron chi connectivity index (χ0n) is 17.1. The number of thiazole rings is 1. The van der Waals surface area contributed by atoms with Crippen molar-refractivity contribution in [3.63, 3.8) is 0 Å². The minimum atomic E-state index is -0.580. The molecule has 0 unspecified atom stereocenters. The van der Waals surface area contributed by atoms with Crippen molar-refractivity contribution < 1.29 is 23.8 Å². The fraction of sp³-hybridized carbons (Fsp3) is 0.318. The van der Waals surface area contributed by atoms with Gasteiger partial charge < -0.3 is 14.2 Å². The molecule has 0 fully saturated rings. The first-order valence-corrected chi connectivity index (χ1v) is 10.5. The van der Waals surface area contributed by atoms with Crippen LogP contribution in [-0.2, 0) is 4.74 Å². The number of carbonyl (C=O) groups is 2. The molecule has 4 rings (SSSR count). The van der Waals surface area contributed by atoms with Crippen LogP contribution in [0.25, 0.3) is 5.13 Å². The summed E-state index contributed by atoms with van der Waals surface area (Å²) < 4.78 is 18.4. The van der Waals surface area contributed by atoms with E-state index in [4.69, 9.17) is 14.2 Å². The van der Waals surface area contributed by atoms with Crippen molar-refractivity contribution in [1.82, 2.24) is 9.55 Å². The minimum absolute atomic E-state index is 0.259. The maximum Gasteiger partial charge on any atom is 0.338 e. The Hall–Kier alpha value is -3.13. The maximum absolute atomic E-state index is 12.7. The predicted molar refractivity (Wildman–Crippen MR) is 112 cm³/mol. The highest BCUT2D eigenvalue weighted by Gasteiger charge is 2.21. The predicted octanol–water partition coefficient (Wildman–Crippen LogP) is 4.06. The molecule has 156 valence electrons. The van der Waals surface area contributed by atoms with Crippen molar-refractivity contribution in [1.29, 1.82) is 0 Å². The zero-order valence-corrected chi connectivity index (χ0v) is 17.9. The van der Waals surface area contributed by atoms with Gasteiger partial charge in [0.05, 0.1) is 24.5 Å². The van der Waals surface area contributed by atoms with Gasteiger partial charge in [-0.05, 0) is 45.0 Å². The van der Waals surface area contributed by atoms with Crippen LogP contribution < -0.4 is 9.47 Å². The van der Waals surface area contributed by atoms with E-state index < -0.39 is 5.97 Å². The molecule has 2 aromatic heterocycles. The van der Waals surface area contributed by atoms with Gasteiger partial charge in [0.2, 0.25) is 5.78 Å². The summed E-state index contributed by atoms with van der Waals surface area (Å²) in [6.07, 6.45) is 0.780. The summed E-state index contributed by atoms with van der Waals surface area (Å²) in [7, 11) is 0. The van der Waals surface area contributed by atoms with Crippen LogP contribution in [0.15, 0.2) is 29.6 Å². The van der Waals surface area contributed by atoms with Crippen molar-refractivity contribution in [3.8, 4) is 16.6 Å². The van der Waals surface area contributed by atoms with Crippen LogP contribution >= 0.6 is 11.3 Å². The molecule has 0 radical (unpaired) electrons. The number of Topliss-reactive ketones (excluding diaryl/α,β-unsaturated/α-hetero) is 1. The van der Waals surface area contributed by atoms with E-state index in [0.717, 1.165) is 28.6 Å². The Kier molecular flexibility index (Phi) is 5.59. The van der Waals surface area contributed by atoms with Crippen molar-refractivity contribution >= 4 is 23.1 Å². The highest BCUT2D eigenvalue weighted by atomic mass is 32.1. The molecule has 1 aromatic carbocycles. The number of benzene rings is 1. The lowest BCUT2D eigenvalue weighted by atomic mass is 10.1. The van der Waals surface area contributed by atoms with E-state index in [2.05, 4.69) is 4.98 Å². The first-order valence-electron chi connectivity index (χ1n) is 9.65. The number of aryl methyl sites for hydroxylation is 2. The Morgan fingerprint density at radius 2 is 1.90 bits per heavy atom. The van der Waals surface area contributed by atoms with Crippen molar-refractivity contribution in [3.05, 3.63) is 57.9 Å². The number of rotatable bonds is 5. The highest BCUT2D eigenvalue weighted by Crippen LogP contribution is 2.30. The summed E-state index contributed by atoms with van der Waals surface area (Å²) in [5.74, 6) is 0.272. The number of nitrogens with zero attached hydrogens (tertiary/aromatic N) is 2. The lowest BCUT2D eigenvalue weighted by Crippen LogP contribution is -2.15. The number of hydrogen-bond acceptors (Lipinski definition) is 7. The van der Waals surface area contributed by atoms with Gasteiger partial charge in [0.1, 0.15) is 0 Å². The molecular weight excluding hydrogens is 404 g/mol. The second-order valence-electron chi connectivity index (χ2n) is 7.10. The normalized spacial score (nSPS) is 13.0. The lowest BCUT2D eigenvalue weighted by Gasteiger charge is -2.09. The summed E-state index contributed by atoms with van der Waals surface area (Å²) in [6, 6.07) is 6.68. The monoisotopic (exact) mass is 426 g/mol. The minimum Gasteiger partial charge on any atom is -0.490 e. The van der Waals surface area contributed by atoms with E-state index in [1.54, 1.807) is 24.3 Å². The third-order valence-electron chi connectivity index (χ3n) is 4.85. The Bertz CT molecular complexity index is 1110. The quantitative estimate of drug-likeness (QED) is 0.452. The standard InChI is InChI=1S/C22H22N2O5S/c1-13-12-30-22(23-13)24-14(2)9-17(15(24)3)18(25)11-29-21(26)16-5-6-19-20(10-16)28-8-4-7-27-19/h5-6,9-10,12H,4,7-8,11H2,1-3H3. The molecule has 3 heterocycles. The second-order valence-corrected chi connectivity index (χ2v) is 7.94. The summed E-state index contributed by atoms with van der Waals surface area (Å²) in [5, 5.41) is 2.78. The summed E-state index contributed by atoms with van der Waals surface area (Å²) in [5.41, 5.74) is 3.44. The molecule has 0 aliphatic carbocycles. The van der Waals surface area contributed by atoms with E-state index >= 15 is 0 Å². The van der Waals surface area contributed by atoms with Crippen LogP contribution in [-0.4, -0.2) is 41.1 Å². The summed E-state index contributed by atoms with van der Waals surface area (Å²) in [6.45, 7) is 6.48. The van der Waals surface area contributed by atoms with Crippen molar-refractivity contribution in [2.75, 3.05) is 19.8 Å². The molecule has 3 aromatic rings. The van der Waals surface area contributed by atoms with Crippen molar-refractivity contribution in [2.45, 2.75) is 27.2 Å². The van der Waals surface area contributed by atoms with Gasteiger partial charge in [-0.15, -0.1) is 11.3 Å². The molecular formula is C22H22N2O5S. The maximum atomic E-state index is 12.7. The van der Waals surface area contributed by atoms with E-state index in [0.29, 0.717) is 35.8 Å². The van der Waals surface area contributed by atoms with Crippen LogP contribution in [0.1, 0.15) is 44.2 Å². The van der Waals surface area contributed by atoms with E-state index in [1.807, 2.05) is 30.7 Å². The second kappa shape index (κ2) is 8.31. The number of ether oxygens (including phenoxy) is 3. The van der Waals surface area contributed by atoms with Crippen LogP contribution in [0.5, 0.6) is 11.5 Å². The first kappa shape index (κ1) is 20.2. The Morgan fingerprint density at radius 1 is 1.13 bits per heavy atom. The van der Waals surface area contributed by atoms with E-state index in [-0.39, 0.29) is 12.4 Å². The van der Waals surface area contributed by atoms with Gasteiger partial charge in [0, 0.05) is 28.8 Å². The molecule has 0 bridgehead atoms. The molecule has 0 N–H and O–H groups in total. The topological polar surface area (TPSA) is 79.7 Å². The highest BCUT2D eigenvalue weighted by molar-refractivity contribution is 7.12. The molecule has 0 saturated carbocycles. The van der Waals surface area contributed by atoms with Gasteiger partial charge in [-0.1, -0.05) is 0 Å². The van der Waals surface area contributed by atoms with Crippen molar-refractivity contribution in [2.24, 2.45) is 0 Å². The average molecular weight is 426 g/mol. The number of carbonyl (C=O) groups excluding carboxylic acids is 2. The number of hydrogen-bond donors (Lipinski definition) is 0. The smallest absolute Gasteiger partial charge is 0.338 e. The van der Waals surface area contributed by atoms with Gasteiger partial charge in [-0.25, -0.2) is 9.78 Å².